The predicted octanol–water partition coefficient (Wildman–Crippen LogP) is 3.44. The molecule has 122 valence electrons. The number of benzene rings is 1. The van der Waals surface area contributed by atoms with Gasteiger partial charge in [-0.15, -0.1) is 0 Å². The molecule has 4 rings (SSSR count). The summed E-state index contributed by atoms with van der Waals surface area (Å²) in [7, 11) is 0. The van der Waals surface area contributed by atoms with Gasteiger partial charge >= 0.3 is 0 Å². The molecule has 2 heterocycles. The summed E-state index contributed by atoms with van der Waals surface area (Å²) in [5.41, 5.74) is 1.92. The molecule has 0 amide bonds. The first kappa shape index (κ1) is 15.0. The van der Waals surface area contributed by atoms with E-state index >= 15 is 0 Å². The van der Waals surface area contributed by atoms with Crippen molar-refractivity contribution in [3.8, 4) is 11.4 Å². The van der Waals surface area contributed by atoms with Gasteiger partial charge in [0.25, 0.3) is 0 Å². The molecular weight excluding hydrogens is 307 g/mol. The zero-order chi connectivity index (χ0) is 16.4. The maximum atomic E-state index is 13.1. The molecule has 6 heteroatoms. The van der Waals surface area contributed by atoms with Gasteiger partial charge in [-0.05, 0) is 42.7 Å². The first-order valence-electron chi connectivity index (χ1n) is 7.99. The predicted molar refractivity (Wildman–Crippen MR) is 86.2 cm³/mol. The third-order valence-corrected chi connectivity index (χ3v) is 4.09. The van der Waals surface area contributed by atoms with Crippen molar-refractivity contribution in [2.24, 2.45) is 0 Å². The molecule has 1 aromatic carbocycles. The van der Waals surface area contributed by atoms with Crippen molar-refractivity contribution in [3.05, 3.63) is 66.1 Å². The Morgan fingerprint density at radius 1 is 1.12 bits per heavy atom. The van der Waals surface area contributed by atoms with Crippen LogP contribution in [0.4, 0.5) is 4.39 Å². The molecule has 0 spiro atoms. The third-order valence-electron chi connectivity index (χ3n) is 4.09. The lowest BCUT2D eigenvalue weighted by Crippen LogP contribution is -2.25. The largest absolute Gasteiger partial charge is 0.338 e. The van der Waals surface area contributed by atoms with E-state index in [0.29, 0.717) is 24.3 Å². The molecule has 3 aromatic rings. The third kappa shape index (κ3) is 3.49. The molecule has 1 fully saturated rings. The second kappa shape index (κ2) is 6.49. The van der Waals surface area contributed by atoms with Crippen LogP contribution in [0.25, 0.3) is 11.4 Å². The van der Waals surface area contributed by atoms with Crippen LogP contribution >= 0.6 is 0 Å². The number of hydrogen-bond acceptors (Lipinski definition) is 5. The fourth-order valence-corrected chi connectivity index (χ4v) is 2.68. The highest BCUT2D eigenvalue weighted by Gasteiger charge is 2.30. The summed E-state index contributed by atoms with van der Waals surface area (Å²) in [4.78, 5) is 10.8. The van der Waals surface area contributed by atoms with E-state index in [-0.39, 0.29) is 5.82 Å². The molecule has 0 radical (unpaired) electrons. The Bertz CT molecular complexity index is 799. The molecule has 1 aliphatic rings. The van der Waals surface area contributed by atoms with Crippen molar-refractivity contribution < 1.29 is 8.91 Å². The topological polar surface area (TPSA) is 55.1 Å². The molecule has 0 unspecified atom stereocenters. The Balaban J connectivity index is 1.47. The Morgan fingerprint density at radius 3 is 2.67 bits per heavy atom. The Labute approximate surface area is 139 Å². The van der Waals surface area contributed by atoms with Crippen LogP contribution in [-0.2, 0) is 13.1 Å². The summed E-state index contributed by atoms with van der Waals surface area (Å²) < 4.78 is 18.4. The van der Waals surface area contributed by atoms with E-state index in [9.17, 15) is 4.39 Å². The molecule has 0 bridgehead atoms. The van der Waals surface area contributed by atoms with E-state index in [2.05, 4.69) is 20.0 Å². The van der Waals surface area contributed by atoms with Gasteiger partial charge in [-0.1, -0.05) is 17.3 Å². The minimum absolute atomic E-state index is 0.213. The van der Waals surface area contributed by atoms with Crippen molar-refractivity contribution in [1.29, 1.82) is 0 Å². The van der Waals surface area contributed by atoms with E-state index in [4.69, 9.17) is 4.52 Å². The van der Waals surface area contributed by atoms with Gasteiger partial charge in [-0.25, -0.2) is 4.39 Å². The summed E-state index contributed by atoms with van der Waals surface area (Å²) in [5.74, 6) is 0.924. The van der Waals surface area contributed by atoms with Crippen molar-refractivity contribution in [1.82, 2.24) is 20.0 Å². The lowest BCUT2D eigenvalue weighted by atomic mass is 10.2. The van der Waals surface area contributed by atoms with E-state index in [1.165, 1.54) is 25.0 Å². The lowest BCUT2D eigenvalue weighted by molar-refractivity contribution is 0.209. The summed E-state index contributed by atoms with van der Waals surface area (Å²) in [5, 5.41) is 4.04. The Morgan fingerprint density at radius 2 is 1.96 bits per heavy atom. The maximum absolute atomic E-state index is 13.1. The van der Waals surface area contributed by atoms with Crippen LogP contribution in [0.2, 0.25) is 0 Å². The molecule has 0 atom stereocenters. The average Bonchev–Trinajstić information content (AvgIpc) is 3.36. The van der Waals surface area contributed by atoms with Crippen LogP contribution in [0.15, 0.2) is 53.3 Å². The van der Waals surface area contributed by atoms with Gasteiger partial charge in [-0.2, -0.15) is 4.98 Å². The van der Waals surface area contributed by atoms with Crippen molar-refractivity contribution in [3.63, 3.8) is 0 Å². The standard InChI is InChI=1S/C18H17FN4O/c19-15-5-3-13(4-6-15)11-23(16-7-8-16)12-17-21-18(22-24-17)14-2-1-9-20-10-14/h1-6,9-10,16H,7-8,11-12H2. The van der Waals surface area contributed by atoms with E-state index in [0.717, 1.165) is 17.7 Å². The highest BCUT2D eigenvalue weighted by molar-refractivity contribution is 5.51. The fraction of sp³-hybridized carbons (Fsp3) is 0.278. The van der Waals surface area contributed by atoms with Crippen LogP contribution in [-0.4, -0.2) is 26.1 Å². The quantitative estimate of drug-likeness (QED) is 0.695. The molecular formula is C18H17FN4O. The first-order valence-corrected chi connectivity index (χ1v) is 7.99. The number of hydrogen-bond donors (Lipinski definition) is 0. The number of halogens is 1. The molecule has 1 aliphatic carbocycles. The number of rotatable bonds is 6. The Kier molecular flexibility index (Phi) is 4.04. The maximum Gasteiger partial charge on any atom is 0.241 e. The first-order chi connectivity index (χ1) is 11.8. The van der Waals surface area contributed by atoms with Crippen LogP contribution in [0, 0.1) is 5.82 Å². The monoisotopic (exact) mass is 324 g/mol. The molecule has 5 nitrogen and oxygen atoms in total. The molecule has 0 saturated heterocycles. The second-order valence-corrected chi connectivity index (χ2v) is 6.02. The fourth-order valence-electron chi connectivity index (χ4n) is 2.68. The summed E-state index contributed by atoms with van der Waals surface area (Å²) in [6.07, 6.45) is 5.77. The lowest BCUT2D eigenvalue weighted by Gasteiger charge is -2.19. The zero-order valence-electron chi connectivity index (χ0n) is 13.1. The molecule has 0 N–H and O–H groups in total. The van der Waals surface area contributed by atoms with Gasteiger partial charge in [-0.3, -0.25) is 9.88 Å². The van der Waals surface area contributed by atoms with Crippen LogP contribution in [0.1, 0.15) is 24.3 Å². The van der Waals surface area contributed by atoms with E-state index < -0.39 is 0 Å². The number of pyridine rings is 1. The highest BCUT2D eigenvalue weighted by Crippen LogP contribution is 2.30. The van der Waals surface area contributed by atoms with E-state index in [1.807, 2.05) is 24.3 Å². The van der Waals surface area contributed by atoms with Crippen molar-refractivity contribution >= 4 is 0 Å². The summed E-state index contributed by atoms with van der Waals surface area (Å²) >= 11 is 0. The molecule has 2 aromatic heterocycles. The molecule has 0 aliphatic heterocycles. The summed E-state index contributed by atoms with van der Waals surface area (Å²) in [6, 6.07) is 10.9. The number of nitrogens with zero attached hydrogens (tertiary/aromatic N) is 4. The highest BCUT2D eigenvalue weighted by atomic mass is 19.1. The van der Waals surface area contributed by atoms with Gasteiger partial charge in [0.05, 0.1) is 6.54 Å². The van der Waals surface area contributed by atoms with Gasteiger partial charge in [0.1, 0.15) is 5.82 Å². The van der Waals surface area contributed by atoms with Crippen molar-refractivity contribution in [2.75, 3.05) is 0 Å². The molecule has 1 saturated carbocycles. The normalized spacial score (nSPS) is 14.2. The van der Waals surface area contributed by atoms with Gasteiger partial charge < -0.3 is 4.52 Å². The smallest absolute Gasteiger partial charge is 0.241 e. The second-order valence-electron chi connectivity index (χ2n) is 6.02. The minimum Gasteiger partial charge on any atom is -0.338 e. The van der Waals surface area contributed by atoms with Crippen LogP contribution in [0.5, 0.6) is 0 Å². The molecule has 24 heavy (non-hydrogen) atoms. The summed E-state index contributed by atoms with van der Waals surface area (Å²) in [6.45, 7) is 1.34. The van der Waals surface area contributed by atoms with Crippen molar-refractivity contribution in [2.45, 2.75) is 32.0 Å². The SMILES string of the molecule is Fc1ccc(CN(Cc2nc(-c3cccnc3)no2)C2CC2)cc1. The van der Waals surface area contributed by atoms with Gasteiger partial charge in [0, 0.05) is 30.5 Å². The Hall–Kier alpha value is -2.60. The van der Waals surface area contributed by atoms with E-state index in [1.54, 1.807) is 12.4 Å². The number of aromatic nitrogens is 3. The van der Waals surface area contributed by atoms with Gasteiger partial charge in [0.15, 0.2) is 0 Å². The minimum atomic E-state index is -0.213. The average molecular weight is 324 g/mol. The van der Waals surface area contributed by atoms with Crippen LogP contribution in [0.3, 0.4) is 0 Å². The van der Waals surface area contributed by atoms with Crippen LogP contribution < -0.4 is 0 Å². The van der Waals surface area contributed by atoms with Gasteiger partial charge in [0.2, 0.25) is 11.7 Å². The zero-order valence-corrected chi connectivity index (χ0v) is 13.1.